The van der Waals surface area contributed by atoms with E-state index in [1.54, 1.807) is 10.9 Å². The third kappa shape index (κ3) is 4.02. The number of nitrogens with two attached hydrogens (primary N) is 1. The molecule has 3 N–H and O–H groups in total. The van der Waals surface area contributed by atoms with Crippen molar-refractivity contribution in [3.8, 4) is 0 Å². The van der Waals surface area contributed by atoms with Crippen LogP contribution in [0.15, 0.2) is 17.3 Å². The normalized spacial score (nSPS) is 17.6. The van der Waals surface area contributed by atoms with Crippen LogP contribution >= 0.6 is 0 Å². The second-order valence-electron chi connectivity index (χ2n) is 5.25. The molecule has 1 aliphatic rings. The average molecular weight is 286 g/mol. The molecule has 2 rings (SSSR count). The first kappa shape index (κ1) is 14.5. The first-order chi connectivity index (χ1) is 9.03. The van der Waals surface area contributed by atoms with Crippen molar-refractivity contribution in [3.05, 3.63) is 12.4 Å². The molecule has 7 heteroatoms. The van der Waals surface area contributed by atoms with Gasteiger partial charge in [-0.2, -0.15) is 5.10 Å². The zero-order valence-corrected chi connectivity index (χ0v) is 12.1. The summed E-state index contributed by atoms with van der Waals surface area (Å²) in [6, 6.07) is 0. The lowest BCUT2D eigenvalue weighted by Crippen LogP contribution is -2.29. The predicted octanol–water partition coefficient (Wildman–Crippen LogP) is 0.556. The molecule has 108 valence electrons. The lowest BCUT2D eigenvalue weighted by molar-refractivity contribution is 0.491. The number of sulfonamides is 1. The minimum absolute atomic E-state index is 0.229. The molecule has 0 spiro atoms. The first-order valence-corrected chi connectivity index (χ1v) is 8.23. The Balaban J connectivity index is 1.92. The van der Waals surface area contributed by atoms with Gasteiger partial charge in [0.05, 0.1) is 6.20 Å². The van der Waals surface area contributed by atoms with Crippen LogP contribution in [0.3, 0.4) is 0 Å². The highest BCUT2D eigenvalue weighted by Gasteiger charge is 2.29. The van der Waals surface area contributed by atoms with E-state index in [0.29, 0.717) is 31.5 Å². The van der Waals surface area contributed by atoms with E-state index in [1.165, 1.54) is 19.0 Å². The lowest BCUT2D eigenvalue weighted by Gasteiger charge is -2.10. The van der Waals surface area contributed by atoms with Gasteiger partial charge < -0.3 is 5.73 Å². The smallest absolute Gasteiger partial charge is 0.243 e. The quantitative estimate of drug-likeness (QED) is 0.730. The second-order valence-corrected chi connectivity index (χ2v) is 7.01. The Morgan fingerprint density at radius 1 is 1.58 bits per heavy atom. The van der Waals surface area contributed by atoms with E-state index in [0.717, 1.165) is 6.42 Å². The molecule has 1 saturated carbocycles. The summed E-state index contributed by atoms with van der Waals surface area (Å²) in [4.78, 5) is 0.229. The molecule has 1 unspecified atom stereocenters. The summed E-state index contributed by atoms with van der Waals surface area (Å²) in [6.07, 6.45) is 6.17. The Kier molecular flexibility index (Phi) is 4.59. The van der Waals surface area contributed by atoms with Crippen LogP contribution in [0.4, 0.5) is 0 Å². The fraction of sp³-hybridized carbons (Fsp3) is 0.750. The minimum atomic E-state index is -3.43. The van der Waals surface area contributed by atoms with E-state index in [1.807, 2.05) is 0 Å². The van der Waals surface area contributed by atoms with Crippen LogP contribution in [0.5, 0.6) is 0 Å². The van der Waals surface area contributed by atoms with Crippen LogP contribution in [-0.4, -0.2) is 31.3 Å². The third-order valence-corrected chi connectivity index (χ3v) is 4.91. The summed E-state index contributed by atoms with van der Waals surface area (Å²) in [7, 11) is -3.43. The van der Waals surface area contributed by atoms with Gasteiger partial charge in [0.25, 0.3) is 0 Å². The van der Waals surface area contributed by atoms with Crippen molar-refractivity contribution in [2.24, 2.45) is 17.6 Å². The fourth-order valence-electron chi connectivity index (χ4n) is 2.02. The minimum Gasteiger partial charge on any atom is -0.330 e. The number of hydrogen-bond donors (Lipinski definition) is 2. The number of hydrogen-bond acceptors (Lipinski definition) is 4. The summed E-state index contributed by atoms with van der Waals surface area (Å²) in [6.45, 7) is 3.80. The van der Waals surface area contributed by atoms with Gasteiger partial charge in [-0.05, 0) is 37.6 Å². The van der Waals surface area contributed by atoms with Gasteiger partial charge in [-0.25, -0.2) is 13.1 Å². The zero-order chi connectivity index (χ0) is 13.9. The molecule has 0 radical (unpaired) electrons. The van der Waals surface area contributed by atoms with Crippen molar-refractivity contribution in [1.29, 1.82) is 0 Å². The maximum Gasteiger partial charge on any atom is 0.243 e. The van der Waals surface area contributed by atoms with Gasteiger partial charge in [-0.3, -0.25) is 4.68 Å². The molecular weight excluding hydrogens is 264 g/mol. The maximum absolute atomic E-state index is 12.1. The summed E-state index contributed by atoms with van der Waals surface area (Å²) in [5.41, 5.74) is 5.41. The van der Waals surface area contributed by atoms with Crippen LogP contribution in [0.2, 0.25) is 0 Å². The molecule has 0 aromatic carbocycles. The van der Waals surface area contributed by atoms with Gasteiger partial charge in [-0.1, -0.05) is 6.92 Å². The van der Waals surface area contributed by atoms with E-state index in [2.05, 4.69) is 16.7 Å². The molecule has 0 saturated heterocycles. The maximum atomic E-state index is 12.1. The van der Waals surface area contributed by atoms with E-state index in [4.69, 9.17) is 5.73 Å². The van der Waals surface area contributed by atoms with Crippen molar-refractivity contribution >= 4 is 10.0 Å². The molecule has 0 amide bonds. The molecule has 0 bridgehead atoms. The van der Waals surface area contributed by atoms with Crippen molar-refractivity contribution in [2.75, 3.05) is 13.1 Å². The van der Waals surface area contributed by atoms with Gasteiger partial charge in [0, 0.05) is 19.3 Å². The predicted molar refractivity (Wildman–Crippen MR) is 73.0 cm³/mol. The van der Waals surface area contributed by atoms with Crippen LogP contribution in [0.25, 0.3) is 0 Å². The number of aromatic nitrogens is 2. The molecule has 1 aromatic rings. The Morgan fingerprint density at radius 2 is 2.32 bits per heavy atom. The summed E-state index contributed by atoms with van der Waals surface area (Å²) in [5.74, 6) is 1.09. The van der Waals surface area contributed by atoms with Crippen molar-refractivity contribution < 1.29 is 8.42 Å². The molecule has 1 aliphatic carbocycles. The van der Waals surface area contributed by atoms with Crippen LogP contribution < -0.4 is 10.5 Å². The molecule has 1 fully saturated rings. The van der Waals surface area contributed by atoms with Crippen molar-refractivity contribution in [3.63, 3.8) is 0 Å². The average Bonchev–Trinajstić information content (AvgIpc) is 3.12. The molecule has 1 aromatic heterocycles. The molecule has 1 heterocycles. The van der Waals surface area contributed by atoms with Gasteiger partial charge >= 0.3 is 0 Å². The van der Waals surface area contributed by atoms with E-state index >= 15 is 0 Å². The number of nitrogens with zero attached hydrogens (tertiary/aromatic N) is 2. The summed E-state index contributed by atoms with van der Waals surface area (Å²) in [5, 5.41) is 4.04. The first-order valence-electron chi connectivity index (χ1n) is 6.75. The van der Waals surface area contributed by atoms with Gasteiger partial charge in [0.15, 0.2) is 0 Å². The monoisotopic (exact) mass is 286 g/mol. The zero-order valence-electron chi connectivity index (χ0n) is 11.2. The van der Waals surface area contributed by atoms with Gasteiger partial charge in [0.2, 0.25) is 10.0 Å². The topological polar surface area (TPSA) is 90.0 Å². The molecule has 19 heavy (non-hydrogen) atoms. The SMILES string of the molecule is CC(CNS(=O)(=O)c1cnn(CCCN)c1)C1CC1. The van der Waals surface area contributed by atoms with E-state index in [-0.39, 0.29) is 4.90 Å². The van der Waals surface area contributed by atoms with Crippen molar-refractivity contribution in [1.82, 2.24) is 14.5 Å². The van der Waals surface area contributed by atoms with Crippen molar-refractivity contribution in [2.45, 2.75) is 37.6 Å². The van der Waals surface area contributed by atoms with Gasteiger partial charge in [0.1, 0.15) is 4.90 Å². The van der Waals surface area contributed by atoms with E-state index < -0.39 is 10.0 Å². The Morgan fingerprint density at radius 3 is 2.95 bits per heavy atom. The van der Waals surface area contributed by atoms with Crippen LogP contribution in [0, 0.1) is 11.8 Å². The highest BCUT2D eigenvalue weighted by atomic mass is 32.2. The molecule has 0 aliphatic heterocycles. The molecule has 1 atom stereocenters. The van der Waals surface area contributed by atoms with Crippen LogP contribution in [0.1, 0.15) is 26.2 Å². The van der Waals surface area contributed by atoms with Crippen LogP contribution in [-0.2, 0) is 16.6 Å². The molecular formula is C12H22N4O2S. The summed E-state index contributed by atoms with van der Waals surface area (Å²) >= 11 is 0. The largest absolute Gasteiger partial charge is 0.330 e. The fourth-order valence-corrected chi connectivity index (χ4v) is 3.11. The Labute approximate surface area is 114 Å². The van der Waals surface area contributed by atoms with E-state index in [9.17, 15) is 8.42 Å². The Hall–Kier alpha value is -0.920. The summed E-state index contributed by atoms with van der Waals surface area (Å²) < 4.78 is 28.4. The van der Waals surface area contributed by atoms with Gasteiger partial charge in [-0.15, -0.1) is 0 Å². The number of rotatable bonds is 8. The molecule has 6 nitrogen and oxygen atoms in total. The Bertz CT molecular complexity index is 508. The number of nitrogens with one attached hydrogen (secondary N) is 1. The number of aryl methyl sites for hydroxylation is 1. The highest BCUT2D eigenvalue weighted by Crippen LogP contribution is 2.36. The standard InChI is InChI=1S/C12H22N4O2S/c1-10(11-3-4-11)7-15-19(17,18)12-8-14-16(9-12)6-2-5-13/h8-11,15H,2-7,13H2,1H3. The third-order valence-electron chi connectivity index (χ3n) is 3.53. The highest BCUT2D eigenvalue weighted by molar-refractivity contribution is 7.89. The lowest BCUT2D eigenvalue weighted by atomic mass is 10.1. The second kappa shape index (κ2) is 6.02.